The quantitative estimate of drug-likeness (QED) is 0.856. The first-order chi connectivity index (χ1) is 11.1. The normalized spacial score (nSPS) is 28.2. The molecular formula is C19H29N3O2. The molecule has 0 radical (unpaired) electrons. The van der Waals surface area contributed by atoms with Crippen molar-refractivity contribution >= 4 is 5.91 Å². The first kappa shape index (κ1) is 17.2. The number of amides is 1. The Labute approximate surface area is 144 Å². The summed E-state index contributed by atoms with van der Waals surface area (Å²) in [6.07, 6.45) is 3.76. The Balaban J connectivity index is 1.70. The molecule has 1 saturated carbocycles. The maximum absolute atomic E-state index is 12.8. The van der Waals surface area contributed by atoms with Crippen LogP contribution in [0.15, 0.2) is 10.9 Å². The van der Waals surface area contributed by atoms with Gasteiger partial charge >= 0.3 is 5.69 Å². The molecule has 2 bridgehead atoms. The fraction of sp³-hybridized carbons (Fsp3) is 0.737. The summed E-state index contributed by atoms with van der Waals surface area (Å²) in [6, 6.07) is 2.25. The van der Waals surface area contributed by atoms with Crippen molar-refractivity contribution in [3.63, 3.8) is 0 Å². The van der Waals surface area contributed by atoms with Crippen LogP contribution < -0.4 is 5.69 Å². The second-order valence-electron chi connectivity index (χ2n) is 8.96. The highest BCUT2D eigenvalue weighted by Crippen LogP contribution is 2.52. The summed E-state index contributed by atoms with van der Waals surface area (Å²) in [6.45, 7) is 11.9. The number of likely N-dealkylation sites (tertiary alicyclic amines) is 1. The first-order valence-corrected chi connectivity index (χ1v) is 8.93. The van der Waals surface area contributed by atoms with Crippen LogP contribution in [0.1, 0.15) is 57.8 Å². The predicted molar refractivity (Wildman–Crippen MR) is 93.8 cm³/mol. The van der Waals surface area contributed by atoms with Gasteiger partial charge in [-0.1, -0.05) is 20.8 Å². The Morgan fingerprint density at radius 2 is 2.00 bits per heavy atom. The van der Waals surface area contributed by atoms with Crippen LogP contribution >= 0.6 is 0 Å². The number of fused-ring (bicyclic) bond motifs is 2. The highest BCUT2D eigenvalue weighted by molar-refractivity contribution is 5.77. The van der Waals surface area contributed by atoms with Crippen LogP contribution in [0.3, 0.4) is 0 Å². The SMILES string of the molecule is Cc1cc(C)n(CCC(=O)N2C[C@]3(C)C[C@H]2CC(C)(C)C3)c(=O)n1. The van der Waals surface area contributed by atoms with Gasteiger partial charge in [0, 0.05) is 36.9 Å². The Kier molecular flexibility index (Phi) is 4.09. The molecule has 0 unspecified atom stereocenters. The van der Waals surface area contributed by atoms with Crippen molar-refractivity contribution in [3.05, 3.63) is 27.9 Å². The van der Waals surface area contributed by atoms with E-state index in [1.807, 2.05) is 19.9 Å². The van der Waals surface area contributed by atoms with Crippen molar-refractivity contribution in [1.82, 2.24) is 14.5 Å². The fourth-order valence-electron chi connectivity index (χ4n) is 5.15. The van der Waals surface area contributed by atoms with E-state index in [0.717, 1.165) is 30.8 Å². The van der Waals surface area contributed by atoms with Gasteiger partial charge in [-0.3, -0.25) is 9.36 Å². The molecule has 2 atom stereocenters. The van der Waals surface area contributed by atoms with E-state index < -0.39 is 0 Å². The summed E-state index contributed by atoms with van der Waals surface area (Å²) in [7, 11) is 0. The van der Waals surface area contributed by atoms with Crippen LogP contribution in [-0.2, 0) is 11.3 Å². The minimum Gasteiger partial charge on any atom is -0.339 e. The zero-order valence-electron chi connectivity index (χ0n) is 15.6. The topological polar surface area (TPSA) is 55.2 Å². The van der Waals surface area contributed by atoms with Crippen molar-refractivity contribution in [2.75, 3.05) is 6.54 Å². The summed E-state index contributed by atoms with van der Waals surface area (Å²) in [5.41, 5.74) is 1.90. The number of hydrogen-bond acceptors (Lipinski definition) is 3. The molecule has 0 N–H and O–H groups in total. The number of nitrogens with zero attached hydrogens (tertiary/aromatic N) is 3. The molecule has 5 heteroatoms. The van der Waals surface area contributed by atoms with Gasteiger partial charge in [-0.2, -0.15) is 4.98 Å². The number of hydrogen-bond donors (Lipinski definition) is 0. The lowest BCUT2D eigenvalue weighted by Gasteiger charge is -2.39. The van der Waals surface area contributed by atoms with E-state index in [1.54, 1.807) is 4.57 Å². The van der Waals surface area contributed by atoms with Crippen LogP contribution in [0.5, 0.6) is 0 Å². The minimum absolute atomic E-state index is 0.174. The number of aromatic nitrogens is 2. The zero-order valence-corrected chi connectivity index (χ0v) is 15.6. The highest BCUT2D eigenvalue weighted by atomic mass is 16.2. The van der Waals surface area contributed by atoms with E-state index in [2.05, 4.69) is 30.7 Å². The third-order valence-electron chi connectivity index (χ3n) is 5.63. The molecule has 0 spiro atoms. The van der Waals surface area contributed by atoms with Gasteiger partial charge in [0.05, 0.1) is 0 Å². The summed E-state index contributed by atoms with van der Waals surface area (Å²) < 4.78 is 1.61. The lowest BCUT2D eigenvalue weighted by atomic mass is 9.65. The van der Waals surface area contributed by atoms with Gasteiger partial charge in [0.1, 0.15) is 0 Å². The first-order valence-electron chi connectivity index (χ1n) is 8.93. The molecule has 1 aromatic heterocycles. The van der Waals surface area contributed by atoms with E-state index in [0.29, 0.717) is 24.4 Å². The predicted octanol–water partition coefficient (Wildman–Crippen LogP) is 2.68. The molecule has 0 aromatic carbocycles. The largest absolute Gasteiger partial charge is 0.347 e. The molecule has 1 aliphatic carbocycles. The standard InChI is InChI=1S/C19H29N3O2/c1-13-8-14(2)21(17(24)20-13)7-6-16(23)22-12-19(5)10-15(22)9-18(3,4)11-19/h8,15H,6-7,9-12H2,1-5H3/t15-,19-/m1/s1. The highest BCUT2D eigenvalue weighted by Gasteiger charge is 2.50. The second kappa shape index (κ2) is 5.71. The lowest BCUT2D eigenvalue weighted by molar-refractivity contribution is -0.132. The molecule has 3 rings (SSSR count). The van der Waals surface area contributed by atoms with Crippen molar-refractivity contribution in [2.24, 2.45) is 10.8 Å². The van der Waals surface area contributed by atoms with E-state index in [9.17, 15) is 9.59 Å². The average Bonchev–Trinajstić information content (AvgIpc) is 2.66. The van der Waals surface area contributed by atoms with E-state index >= 15 is 0 Å². The second-order valence-corrected chi connectivity index (χ2v) is 8.96. The minimum atomic E-state index is -0.256. The molecule has 2 fully saturated rings. The maximum atomic E-state index is 12.8. The van der Waals surface area contributed by atoms with Gasteiger partial charge in [-0.25, -0.2) is 4.79 Å². The zero-order chi connectivity index (χ0) is 17.7. The van der Waals surface area contributed by atoms with E-state index in [1.165, 1.54) is 6.42 Å². The van der Waals surface area contributed by atoms with Gasteiger partial charge in [-0.05, 0) is 50.0 Å². The molecular weight excluding hydrogens is 302 g/mol. The molecule has 132 valence electrons. The number of carbonyl (C=O) groups excluding carboxylic acids is 1. The maximum Gasteiger partial charge on any atom is 0.347 e. The van der Waals surface area contributed by atoms with Crippen molar-refractivity contribution in [2.45, 2.75) is 72.9 Å². The third-order valence-corrected chi connectivity index (χ3v) is 5.63. The molecule has 2 heterocycles. The summed E-state index contributed by atoms with van der Waals surface area (Å²) in [5, 5.41) is 0. The Morgan fingerprint density at radius 3 is 2.67 bits per heavy atom. The monoisotopic (exact) mass is 331 g/mol. The average molecular weight is 331 g/mol. The van der Waals surface area contributed by atoms with Crippen LogP contribution in [-0.4, -0.2) is 32.9 Å². The third kappa shape index (κ3) is 3.26. The fourth-order valence-corrected chi connectivity index (χ4v) is 5.15. The van der Waals surface area contributed by atoms with E-state index in [-0.39, 0.29) is 17.0 Å². The van der Waals surface area contributed by atoms with Gasteiger partial charge in [0.15, 0.2) is 0 Å². The molecule has 1 saturated heterocycles. The van der Waals surface area contributed by atoms with Crippen LogP contribution in [0.4, 0.5) is 0 Å². The molecule has 2 aliphatic rings. The molecule has 1 aromatic rings. The molecule has 1 aliphatic heterocycles. The summed E-state index contributed by atoms with van der Waals surface area (Å²) in [5.74, 6) is 0.174. The van der Waals surface area contributed by atoms with Gasteiger partial charge < -0.3 is 4.90 Å². The van der Waals surface area contributed by atoms with Crippen molar-refractivity contribution in [1.29, 1.82) is 0 Å². The smallest absolute Gasteiger partial charge is 0.339 e. The summed E-state index contributed by atoms with van der Waals surface area (Å²) >= 11 is 0. The number of aryl methyl sites for hydroxylation is 2. The molecule has 24 heavy (non-hydrogen) atoms. The Bertz CT molecular complexity index is 722. The molecule has 1 amide bonds. The van der Waals surface area contributed by atoms with Crippen LogP contribution in [0, 0.1) is 24.7 Å². The van der Waals surface area contributed by atoms with Gasteiger partial charge in [0.2, 0.25) is 5.91 Å². The van der Waals surface area contributed by atoms with Crippen molar-refractivity contribution < 1.29 is 4.79 Å². The van der Waals surface area contributed by atoms with Crippen molar-refractivity contribution in [3.8, 4) is 0 Å². The summed E-state index contributed by atoms with van der Waals surface area (Å²) in [4.78, 5) is 30.9. The lowest BCUT2D eigenvalue weighted by Crippen LogP contribution is -2.38. The molecule has 5 nitrogen and oxygen atoms in total. The Hall–Kier alpha value is -1.65. The number of carbonyl (C=O) groups is 1. The Morgan fingerprint density at radius 1 is 1.29 bits per heavy atom. The van der Waals surface area contributed by atoms with Gasteiger partial charge in [0.25, 0.3) is 0 Å². The van der Waals surface area contributed by atoms with Gasteiger partial charge in [-0.15, -0.1) is 0 Å². The number of rotatable bonds is 3. The van der Waals surface area contributed by atoms with Crippen LogP contribution in [0.25, 0.3) is 0 Å². The van der Waals surface area contributed by atoms with E-state index in [4.69, 9.17) is 0 Å². The van der Waals surface area contributed by atoms with Crippen LogP contribution in [0.2, 0.25) is 0 Å².